The summed E-state index contributed by atoms with van der Waals surface area (Å²) in [6, 6.07) is 14.3. The summed E-state index contributed by atoms with van der Waals surface area (Å²) in [6.07, 6.45) is 2.05. The average Bonchev–Trinajstić information content (AvgIpc) is 2.56. The average molecular weight is 325 g/mol. The molecule has 128 valence electrons. The zero-order valence-corrected chi connectivity index (χ0v) is 14.6. The van der Waals surface area contributed by atoms with E-state index >= 15 is 0 Å². The van der Waals surface area contributed by atoms with Crippen molar-refractivity contribution in [3.05, 3.63) is 42.5 Å². The summed E-state index contributed by atoms with van der Waals surface area (Å²) in [5.74, 6) is 0.698. The lowest BCUT2D eigenvalue weighted by atomic mass is 10.0. The number of benzene rings is 2. The second kappa shape index (κ2) is 7.67. The van der Waals surface area contributed by atoms with Gasteiger partial charge in [0.1, 0.15) is 0 Å². The lowest BCUT2D eigenvalue weighted by molar-refractivity contribution is 0.180. The van der Waals surface area contributed by atoms with Gasteiger partial charge in [-0.2, -0.15) is 0 Å². The third-order valence-corrected chi connectivity index (χ3v) is 4.58. The highest BCUT2D eigenvalue weighted by Gasteiger charge is 2.21. The molecule has 2 aromatic rings. The maximum atomic E-state index is 12.3. The van der Waals surface area contributed by atoms with Crippen molar-refractivity contribution in [1.82, 2.24) is 10.2 Å². The molecule has 4 heteroatoms. The van der Waals surface area contributed by atoms with E-state index in [0.717, 1.165) is 48.9 Å². The van der Waals surface area contributed by atoms with Gasteiger partial charge in [-0.15, -0.1) is 0 Å². The summed E-state index contributed by atoms with van der Waals surface area (Å²) in [5, 5.41) is 8.35. The van der Waals surface area contributed by atoms with Gasteiger partial charge < -0.3 is 15.5 Å². The minimum atomic E-state index is -0.103. The molecule has 2 N–H and O–H groups in total. The van der Waals surface area contributed by atoms with E-state index in [2.05, 4.69) is 41.5 Å². The van der Waals surface area contributed by atoms with E-state index < -0.39 is 0 Å². The molecule has 0 saturated carbocycles. The zero-order chi connectivity index (χ0) is 16.9. The van der Waals surface area contributed by atoms with Gasteiger partial charge in [-0.25, -0.2) is 4.79 Å². The van der Waals surface area contributed by atoms with E-state index in [4.69, 9.17) is 0 Å². The molecule has 2 aromatic carbocycles. The molecule has 1 saturated heterocycles. The first-order valence-corrected chi connectivity index (χ1v) is 8.89. The Morgan fingerprint density at radius 1 is 1.12 bits per heavy atom. The van der Waals surface area contributed by atoms with E-state index in [9.17, 15) is 4.79 Å². The van der Waals surface area contributed by atoms with Gasteiger partial charge in [0.05, 0.1) is 5.69 Å². The first kappa shape index (κ1) is 16.8. The number of carbonyl (C=O) groups excluding carboxylic acids is 1. The molecule has 0 aromatic heterocycles. The topological polar surface area (TPSA) is 44.4 Å². The first-order chi connectivity index (χ1) is 11.6. The van der Waals surface area contributed by atoms with Gasteiger partial charge in [0, 0.05) is 31.1 Å². The summed E-state index contributed by atoms with van der Waals surface area (Å²) in [6.45, 7) is 7.79. The standard InChI is InChI=1S/C20H27N3O/c1-15(2)14-23-12-10-17(11-13-23)21-20(24)22-19-9-5-7-16-6-3-4-8-18(16)19/h3-9,15,17H,10-14H2,1-2H3,(H2,21,22,24). The third kappa shape index (κ3) is 4.26. The SMILES string of the molecule is CC(C)CN1CCC(NC(=O)Nc2cccc3ccccc23)CC1. The number of hydrogen-bond acceptors (Lipinski definition) is 2. The highest BCUT2D eigenvalue weighted by atomic mass is 16.2. The van der Waals surface area contributed by atoms with Crippen LogP contribution in [0.2, 0.25) is 0 Å². The molecule has 4 nitrogen and oxygen atoms in total. The molecule has 1 heterocycles. The van der Waals surface area contributed by atoms with E-state index in [0.29, 0.717) is 5.92 Å². The number of nitrogens with zero attached hydrogens (tertiary/aromatic N) is 1. The van der Waals surface area contributed by atoms with Gasteiger partial charge in [-0.05, 0) is 30.2 Å². The fourth-order valence-corrected chi connectivity index (χ4v) is 3.45. The van der Waals surface area contributed by atoms with Crippen LogP contribution in [0.5, 0.6) is 0 Å². The van der Waals surface area contributed by atoms with E-state index in [-0.39, 0.29) is 12.1 Å². The molecule has 1 aliphatic heterocycles. The van der Waals surface area contributed by atoms with Gasteiger partial charge in [0.2, 0.25) is 0 Å². The van der Waals surface area contributed by atoms with E-state index in [1.807, 2.05) is 30.3 Å². The van der Waals surface area contributed by atoms with Crippen LogP contribution in [0.15, 0.2) is 42.5 Å². The largest absolute Gasteiger partial charge is 0.335 e. The molecule has 1 fully saturated rings. The predicted octanol–water partition coefficient (Wildman–Crippen LogP) is 4.08. The molecule has 0 aliphatic carbocycles. The van der Waals surface area contributed by atoms with Crippen LogP contribution in [-0.4, -0.2) is 36.6 Å². The number of nitrogens with one attached hydrogen (secondary N) is 2. The van der Waals surface area contributed by atoms with Crippen LogP contribution in [0.4, 0.5) is 10.5 Å². The molecule has 1 aliphatic rings. The lowest BCUT2D eigenvalue weighted by Crippen LogP contribution is -2.46. The minimum absolute atomic E-state index is 0.103. The molecule has 0 radical (unpaired) electrons. The third-order valence-electron chi connectivity index (χ3n) is 4.58. The van der Waals surface area contributed by atoms with Gasteiger partial charge in [0.25, 0.3) is 0 Å². The maximum Gasteiger partial charge on any atom is 0.319 e. The Balaban J connectivity index is 1.55. The summed E-state index contributed by atoms with van der Waals surface area (Å²) in [7, 11) is 0. The Morgan fingerprint density at radius 3 is 2.58 bits per heavy atom. The molecular formula is C20H27N3O. The van der Waals surface area contributed by atoms with Gasteiger partial charge >= 0.3 is 6.03 Å². The van der Waals surface area contributed by atoms with Crippen LogP contribution in [0, 0.1) is 5.92 Å². The Bertz CT molecular complexity index is 685. The summed E-state index contributed by atoms with van der Waals surface area (Å²) in [4.78, 5) is 14.8. The normalized spacial score (nSPS) is 16.5. The maximum absolute atomic E-state index is 12.3. The van der Waals surface area contributed by atoms with Crippen molar-refractivity contribution in [3.63, 3.8) is 0 Å². The van der Waals surface area contributed by atoms with Crippen LogP contribution in [0.1, 0.15) is 26.7 Å². The molecule has 0 atom stereocenters. The van der Waals surface area contributed by atoms with Gasteiger partial charge in [0.15, 0.2) is 0 Å². The number of anilines is 1. The highest BCUT2D eigenvalue weighted by Crippen LogP contribution is 2.23. The molecule has 0 unspecified atom stereocenters. The summed E-state index contributed by atoms with van der Waals surface area (Å²) < 4.78 is 0. The molecule has 24 heavy (non-hydrogen) atoms. The Hall–Kier alpha value is -2.07. The van der Waals surface area contributed by atoms with Crippen molar-refractivity contribution in [2.24, 2.45) is 5.92 Å². The van der Waals surface area contributed by atoms with Crippen LogP contribution in [0.3, 0.4) is 0 Å². The molecule has 0 bridgehead atoms. The predicted molar refractivity (Wildman–Crippen MR) is 100 cm³/mol. The van der Waals surface area contributed by atoms with Crippen LogP contribution < -0.4 is 10.6 Å². The van der Waals surface area contributed by atoms with E-state index in [1.54, 1.807) is 0 Å². The quantitative estimate of drug-likeness (QED) is 0.889. The smallest absolute Gasteiger partial charge is 0.319 e. The highest BCUT2D eigenvalue weighted by molar-refractivity contribution is 6.01. The number of urea groups is 1. The van der Waals surface area contributed by atoms with Crippen molar-refractivity contribution in [3.8, 4) is 0 Å². The number of carbonyl (C=O) groups is 1. The lowest BCUT2D eigenvalue weighted by Gasteiger charge is -2.33. The van der Waals surface area contributed by atoms with Crippen LogP contribution >= 0.6 is 0 Å². The van der Waals surface area contributed by atoms with Gasteiger partial charge in [-0.3, -0.25) is 0 Å². The van der Waals surface area contributed by atoms with Crippen molar-refractivity contribution >= 4 is 22.5 Å². The summed E-state index contributed by atoms with van der Waals surface area (Å²) in [5.41, 5.74) is 0.864. The Morgan fingerprint density at radius 2 is 1.83 bits per heavy atom. The van der Waals surface area contributed by atoms with E-state index in [1.165, 1.54) is 0 Å². The van der Waals surface area contributed by atoms with Gasteiger partial charge in [-0.1, -0.05) is 50.2 Å². The molecule has 0 spiro atoms. The molecular weight excluding hydrogens is 298 g/mol. The number of hydrogen-bond donors (Lipinski definition) is 2. The van der Waals surface area contributed by atoms with Crippen molar-refractivity contribution in [2.75, 3.05) is 25.0 Å². The van der Waals surface area contributed by atoms with Crippen molar-refractivity contribution in [2.45, 2.75) is 32.7 Å². The van der Waals surface area contributed by atoms with Crippen molar-refractivity contribution < 1.29 is 4.79 Å². The summed E-state index contributed by atoms with van der Waals surface area (Å²) >= 11 is 0. The van der Waals surface area contributed by atoms with Crippen LogP contribution in [-0.2, 0) is 0 Å². The molecule has 2 amide bonds. The Labute approximate surface area is 144 Å². The first-order valence-electron chi connectivity index (χ1n) is 8.89. The zero-order valence-electron chi connectivity index (χ0n) is 14.6. The number of amides is 2. The van der Waals surface area contributed by atoms with Crippen LogP contribution in [0.25, 0.3) is 10.8 Å². The fraction of sp³-hybridized carbons (Fsp3) is 0.450. The number of likely N-dealkylation sites (tertiary alicyclic amines) is 1. The monoisotopic (exact) mass is 325 g/mol. The number of rotatable bonds is 4. The number of piperidine rings is 1. The molecule has 3 rings (SSSR count). The second-order valence-corrected chi connectivity index (χ2v) is 7.09. The number of fused-ring (bicyclic) bond motifs is 1. The minimum Gasteiger partial charge on any atom is -0.335 e. The van der Waals surface area contributed by atoms with Crippen molar-refractivity contribution in [1.29, 1.82) is 0 Å². The fourth-order valence-electron chi connectivity index (χ4n) is 3.45. The second-order valence-electron chi connectivity index (χ2n) is 7.09. The Kier molecular flexibility index (Phi) is 5.36.